The third-order valence-electron chi connectivity index (χ3n) is 4.63. The van der Waals surface area contributed by atoms with Crippen molar-refractivity contribution >= 4 is 52.5 Å². The molecule has 162 valence electrons. The molecule has 0 saturated carbocycles. The monoisotopic (exact) mass is 465 g/mol. The van der Waals surface area contributed by atoms with Gasteiger partial charge in [0, 0.05) is 10.9 Å². The highest BCUT2D eigenvalue weighted by Gasteiger charge is 2.45. The van der Waals surface area contributed by atoms with Gasteiger partial charge in [-0.05, 0) is 36.4 Å². The van der Waals surface area contributed by atoms with Crippen LogP contribution in [0, 0.1) is 11.7 Å². The topological polar surface area (TPSA) is 86.8 Å². The number of amides is 4. The lowest BCUT2D eigenvalue weighted by atomic mass is 10.1. The fraction of sp³-hybridized carbons (Fsp3) is 0.238. The van der Waals surface area contributed by atoms with Gasteiger partial charge in [-0.1, -0.05) is 43.1 Å². The van der Waals surface area contributed by atoms with Crippen molar-refractivity contribution < 1.29 is 23.6 Å². The molecule has 1 atom stereocenters. The van der Waals surface area contributed by atoms with E-state index < -0.39 is 41.4 Å². The fourth-order valence-electron chi connectivity index (χ4n) is 3.11. The molecule has 2 aromatic carbocycles. The zero-order valence-corrected chi connectivity index (χ0v) is 18.1. The number of carbonyl (C=O) groups is 4. The summed E-state index contributed by atoms with van der Waals surface area (Å²) in [6.45, 7) is 3.17. The Morgan fingerprint density at radius 2 is 1.87 bits per heavy atom. The van der Waals surface area contributed by atoms with Crippen LogP contribution in [0.4, 0.5) is 10.1 Å². The number of carbonyl (C=O) groups excluding carboxylic acids is 4. The number of halogens is 3. The number of hydrazine groups is 1. The maximum absolute atomic E-state index is 13.6. The van der Waals surface area contributed by atoms with Crippen LogP contribution in [0.25, 0.3) is 0 Å². The predicted molar refractivity (Wildman–Crippen MR) is 113 cm³/mol. The molecular weight excluding hydrogens is 448 g/mol. The van der Waals surface area contributed by atoms with Gasteiger partial charge in [0.25, 0.3) is 11.8 Å². The van der Waals surface area contributed by atoms with Crippen molar-refractivity contribution in [1.82, 2.24) is 10.4 Å². The fourth-order valence-corrected chi connectivity index (χ4v) is 3.61. The second-order valence-corrected chi connectivity index (χ2v) is 8.04. The van der Waals surface area contributed by atoms with Crippen molar-refractivity contribution in [3.8, 4) is 0 Å². The van der Waals surface area contributed by atoms with Gasteiger partial charge in [0.1, 0.15) is 11.9 Å². The smallest absolute Gasteiger partial charge is 0.271 e. The summed E-state index contributed by atoms with van der Waals surface area (Å²) in [5, 5.41) is 1.22. The van der Waals surface area contributed by atoms with Crippen molar-refractivity contribution in [2.24, 2.45) is 5.92 Å². The van der Waals surface area contributed by atoms with Crippen LogP contribution in [0.3, 0.4) is 0 Å². The zero-order chi connectivity index (χ0) is 22.9. The van der Waals surface area contributed by atoms with E-state index in [1.54, 1.807) is 13.8 Å². The molecule has 31 heavy (non-hydrogen) atoms. The quantitative estimate of drug-likeness (QED) is 0.551. The van der Waals surface area contributed by atoms with Gasteiger partial charge in [-0.2, -0.15) is 0 Å². The molecular formula is C21H18Cl2FN3O4. The second-order valence-electron chi connectivity index (χ2n) is 7.20. The third kappa shape index (κ3) is 4.70. The summed E-state index contributed by atoms with van der Waals surface area (Å²) < 4.78 is 13.6. The number of benzene rings is 2. The number of hydrogen-bond donors (Lipinski definition) is 1. The summed E-state index contributed by atoms with van der Waals surface area (Å²) in [7, 11) is 0. The Morgan fingerprint density at radius 3 is 2.48 bits per heavy atom. The summed E-state index contributed by atoms with van der Waals surface area (Å²) in [6, 6.07) is 7.88. The van der Waals surface area contributed by atoms with Crippen LogP contribution in [0.1, 0.15) is 30.6 Å². The zero-order valence-electron chi connectivity index (χ0n) is 16.6. The molecule has 1 heterocycles. The van der Waals surface area contributed by atoms with Crippen molar-refractivity contribution in [3.63, 3.8) is 0 Å². The summed E-state index contributed by atoms with van der Waals surface area (Å²) in [5.74, 6) is -3.92. The van der Waals surface area contributed by atoms with Crippen molar-refractivity contribution in [1.29, 1.82) is 0 Å². The third-order valence-corrected chi connectivity index (χ3v) is 5.18. The van der Waals surface area contributed by atoms with Crippen LogP contribution >= 0.6 is 23.2 Å². The van der Waals surface area contributed by atoms with Crippen molar-refractivity contribution in [2.45, 2.75) is 26.3 Å². The van der Waals surface area contributed by atoms with Crippen LogP contribution in [-0.4, -0.2) is 34.7 Å². The van der Waals surface area contributed by atoms with Gasteiger partial charge >= 0.3 is 0 Å². The first-order valence-electron chi connectivity index (χ1n) is 9.31. The molecule has 0 aliphatic carbocycles. The Morgan fingerprint density at radius 1 is 1.16 bits per heavy atom. The molecule has 3 rings (SSSR count). The first kappa shape index (κ1) is 22.7. The minimum Gasteiger partial charge on any atom is -0.274 e. The van der Waals surface area contributed by atoms with Crippen LogP contribution in [0.15, 0.2) is 42.5 Å². The van der Waals surface area contributed by atoms with Crippen LogP contribution in [-0.2, 0) is 14.4 Å². The van der Waals surface area contributed by atoms with Gasteiger partial charge < -0.3 is 0 Å². The minimum absolute atomic E-state index is 0.0337. The van der Waals surface area contributed by atoms with Crippen LogP contribution < -0.4 is 10.3 Å². The number of anilines is 1. The molecule has 0 bridgehead atoms. The Labute approximate surface area is 187 Å². The molecule has 1 unspecified atom stereocenters. The Kier molecular flexibility index (Phi) is 6.62. The number of hydrogen-bond acceptors (Lipinski definition) is 4. The highest BCUT2D eigenvalue weighted by Crippen LogP contribution is 2.27. The van der Waals surface area contributed by atoms with Gasteiger partial charge in [0.05, 0.1) is 22.7 Å². The van der Waals surface area contributed by atoms with E-state index in [0.717, 1.165) is 16.0 Å². The molecule has 0 radical (unpaired) electrons. The van der Waals surface area contributed by atoms with Gasteiger partial charge in [-0.15, -0.1) is 0 Å². The SMILES string of the molecule is CC(C)C(=O)N(NC(=O)c1ccc(Cl)cc1Cl)C1CC(=O)N(c2cccc(F)c2)C1=O. The number of imide groups is 1. The average Bonchev–Trinajstić information content (AvgIpc) is 2.99. The summed E-state index contributed by atoms with van der Waals surface area (Å²) >= 11 is 11.9. The van der Waals surface area contributed by atoms with E-state index in [9.17, 15) is 23.6 Å². The van der Waals surface area contributed by atoms with Crippen LogP contribution in [0.2, 0.25) is 10.0 Å². The standard InChI is InChI=1S/C21H18Cl2FN3O4/c1-11(2)20(30)27(25-19(29)15-7-6-12(22)8-16(15)23)17-10-18(28)26(21(17)31)14-5-3-4-13(24)9-14/h3-9,11,17H,10H2,1-2H3,(H,25,29). The maximum Gasteiger partial charge on any atom is 0.271 e. The van der Waals surface area contributed by atoms with Gasteiger partial charge in [0.15, 0.2) is 0 Å². The lowest BCUT2D eigenvalue weighted by molar-refractivity contribution is -0.143. The Hall–Kier alpha value is -2.97. The predicted octanol–water partition coefficient (Wildman–Crippen LogP) is 3.59. The molecule has 1 aliphatic rings. The lowest BCUT2D eigenvalue weighted by Gasteiger charge is -2.29. The number of nitrogens with zero attached hydrogens (tertiary/aromatic N) is 2. The Balaban J connectivity index is 1.92. The summed E-state index contributed by atoms with van der Waals surface area (Å²) in [5.41, 5.74) is 2.47. The van der Waals surface area contributed by atoms with Gasteiger partial charge in [-0.3, -0.25) is 24.6 Å². The van der Waals surface area contributed by atoms with E-state index in [-0.39, 0.29) is 22.7 Å². The normalized spacial score (nSPS) is 16.1. The lowest BCUT2D eigenvalue weighted by Crippen LogP contribution is -2.56. The van der Waals surface area contributed by atoms with E-state index in [0.29, 0.717) is 5.02 Å². The molecule has 1 N–H and O–H groups in total. The highest BCUT2D eigenvalue weighted by molar-refractivity contribution is 6.36. The summed E-state index contributed by atoms with van der Waals surface area (Å²) in [6.07, 6.45) is -0.373. The maximum atomic E-state index is 13.6. The molecule has 10 heteroatoms. The number of rotatable bonds is 4. The molecule has 0 aromatic heterocycles. The largest absolute Gasteiger partial charge is 0.274 e. The van der Waals surface area contributed by atoms with E-state index in [2.05, 4.69) is 5.43 Å². The minimum atomic E-state index is -1.29. The van der Waals surface area contributed by atoms with Crippen LogP contribution in [0.5, 0.6) is 0 Å². The van der Waals surface area contributed by atoms with Gasteiger partial charge in [-0.25, -0.2) is 14.3 Å². The molecule has 1 saturated heterocycles. The summed E-state index contributed by atoms with van der Waals surface area (Å²) in [4.78, 5) is 51.9. The van der Waals surface area contributed by atoms with E-state index in [1.165, 1.54) is 36.4 Å². The first-order valence-corrected chi connectivity index (χ1v) is 10.1. The average molecular weight is 466 g/mol. The molecule has 0 spiro atoms. The molecule has 1 aliphatic heterocycles. The van der Waals surface area contributed by atoms with Crippen molar-refractivity contribution in [3.05, 3.63) is 63.9 Å². The molecule has 2 aromatic rings. The van der Waals surface area contributed by atoms with E-state index in [1.807, 2.05) is 0 Å². The first-order chi connectivity index (χ1) is 14.6. The molecule has 4 amide bonds. The van der Waals surface area contributed by atoms with Crippen molar-refractivity contribution in [2.75, 3.05) is 4.90 Å². The van der Waals surface area contributed by atoms with E-state index in [4.69, 9.17) is 23.2 Å². The molecule has 1 fully saturated rings. The van der Waals surface area contributed by atoms with Gasteiger partial charge in [0.2, 0.25) is 11.8 Å². The Bertz CT molecular complexity index is 1080. The van der Waals surface area contributed by atoms with E-state index >= 15 is 0 Å². The molecule has 7 nitrogen and oxygen atoms in total. The highest BCUT2D eigenvalue weighted by atomic mass is 35.5. The second kappa shape index (κ2) is 9.03. The number of nitrogens with one attached hydrogen (secondary N) is 1.